The van der Waals surface area contributed by atoms with Gasteiger partial charge in [-0.2, -0.15) is 0 Å². The molecule has 0 saturated carbocycles. The molecule has 1 aromatic carbocycles. The number of aromatic hydroxyl groups is 1. The highest BCUT2D eigenvalue weighted by Gasteiger charge is 2.08. The van der Waals surface area contributed by atoms with E-state index in [0.717, 1.165) is 21.2 Å². The Kier molecular flexibility index (Phi) is 1.98. The number of hydrogen-bond donors (Lipinski definition) is 2. The summed E-state index contributed by atoms with van der Waals surface area (Å²) in [6, 6.07) is 3.39. The van der Waals surface area contributed by atoms with Crippen molar-refractivity contribution in [2.45, 2.75) is 13.5 Å². The summed E-state index contributed by atoms with van der Waals surface area (Å²) in [6.45, 7) is 2.01. The Balaban J connectivity index is 2.88. The van der Waals surface area contributed by atoms with Crippen molar-refractivity contribution in [3.63, 3.8) is 0 Å². The van der Waals surface area contributed by atoms with Crippen molar-refractivity contribution in [3.05, 3.63) is 28.6 Å². The number of phenols is 1. The molecule has 0 spiro atoms. The molecule has 0 fully saturated rings. The minimum Gasteiger partial charge on any atom is -0.506 e. The lowest BCUT2D eigenvalue weighted by Crippen LogP contribution is -1.84. The van der Waals surface area contributed by atoms with Crippen molar-refractivity contribution in [2.24, 2.45) is 0 Å². The second-order valence-corrected chi connectivity index (χ2v) is 3.90. The number of phenolic OH excluding ortho intramolecular Hbond substituents is 1. The van der Waals surface area contributed by atoms with Gasteiger partial charge in [0.05, 0.1) is 11.3 Å². The van der Waals surface area contributed by atoms with Crippen LogP contribution >= 0.6 is 11.3 Å². The maximum Gasteiger partial charge on any atom is 0.133 e. The molecule has 0 atom stereocenters. The van der Waals surface area contributed by atoms with Crippen LogP contribution in [-0.4, -0.2) is 10.2 Å². The average molecular weight is 194 g/mol. The number of thiophene rings is 1. The quantitative estimate of drug-likeness (QED) is 0.731. The predicted molar refractivity (Wildman–Crippen MR) is 54.1 cm³/mol. The van der Waals surface area contributed by atoms with Gasteiger partial charge in [0.15, 0.2) is 0 Å². The first-order valence-electron chi connectivity index (χ1n) is 4.03. The van der Waals surface area contributed by atoms with Gasteiger partial charge in [0.1, 0.15) is 5.75 Å². The summed E-state index contributed by atoms with van der Waals surface area (Å²) in [5, 5.41) is 21.6. The van der Waals surface area contributed by atoms with Crippen molar-refractivity contribution in [3.8, 4) is 5.75 Å². The molecule has 3 heteroatoms. The zero-order chi connectivity index (χ0) is 9.42. The number of aliphatic hydroxyl groups is 1. The average Bonchev–Trinajstić information content (AvgIpc) is 2.51. The number of rotatable bonds is 1. The van der Waals surface area contributed by atoms with Crippen molar-refractivity contribution in [2.75, 3.05) is 0 Å². The fraction of sp³-hybridized carbons (Fsp3) is 0.200. The van der Waals surface area contributed by atoms with E-state index in [-0.39, 0.29) is 6.61 Å². The number of fused-ring (bicyclic) bond motifs is 1. The molecule has 2 rings (SSSR count). The topological polar surface area (TPSA) is 40.5 Å². The minimum absolute atomic E-state index is 0.0222. The first-order chi connectivity index (χ1) is 6.24. The Morgan fingerprint density at radius 3 is 2.85 bits per heavy atom. The lowest BCUT2D eigenvalue weighted by molar-refractivity contribution is 0.283. The second-order valence-electron chi connectivity index (χ2n) is 3.02. The molecule has 0 saturated heterocycles. The standard InChI is InChI=1S/C10H10O2S/c1-6-5-13-10-8(12)3-2-7(4-11)9(6)10/h2-3,5,11-12H,4H2,1H3. The number of aryl methyl sites for hydroxylation is 1. The largest absolute Gasteiger partial charge is 0.506 e. The highest BCUT2D eigenvalue weighted by molar-refractivity contribution is 7.17. The summed E-state index contributed by atoms with van der Waals surface area (Å²) in [5.74, 6) is 0.297. The molecule has 0 bridgehead atoms. The molecule has 0 unspecified atom stereocenters. The fourth-order valence-corrected chi connectivity index (χ4v) is 2.51. The molecule has 0 radical (unpaired) electrons. The van der Waals surface area contributed by atoms with Gasteiger partial charge in [-0.3, -0.25) is 0 Å². The molecule has 0 aliphatic heterocycles. The smallest absolute Gasteiger partial charge is 0.133 e. The van der Waals surface area contributed by atoms with Crippen LogP contribution in [0.25, 0.3) is 10.1 Å². The van der Waals surface area contributed by atoms with Crippen LogP contribution in [0.2, 0.25) is 0 Å². The van der Waals surface area contributed by atoms with E-state index in [2.05, 4.69) is 0 Å². The van der Waals surface area contributed by atoms with Crippen LogP contribution in [0.5, 0.6) is 5.75 Å². The van der Waals surface area contributed by atoms with E-state index in [9.17, 15) is 5.11 Å². The van der Waals surface area contributed by atoms with Crippen molar-refractivity contribution in [1.82, 2.24) is 0 Å². The van der Waals surface area contributed by atoms with E-state index < -0.39 is 0 Å². The highest BCUT2D eigenvalue weighted by atomic mass is 32.1. The fourth-order valence-electron chi connectivity index (χ4n) is 1.50. The first kappa shape index (κ1) is 8.53. The molecule has 13 heavy (non-hydrogen) atoms. The van der Waals surface area contributed by atoms with Gasteiger partial charge in [0.25, 0.3) is 0 Å². The summed E-state index contributed by atoms with van der Waals surface area (Å²) >= 11 is 1.51. The van der Waals surface area contributed by atoms with E-state index in [4.69, 9.17) is 5.11 Å². The Bertz CT molecular complexity index is 445. The monoisotopic (exact) mass is 194 g/mol. The summed E-state index contributed by atoms with van der Waals surface area (Å²) in [7, 11) is 0. The lowest BCUT2D eigenvalue weighted by atomic mass is 10.1. The molecule has 2 aromatic rings. The van der Waals surface area contributed by atoms with E-state index in [1.54, 1.807) is 12.1 Å². The van der Waals surface area contributed by atoms with Crippen LogP contribution in [0, 0.1) is 6.92 Å². The molecule has 68 valence electrons. The number of benzene rings is 1. The molecule has 1 aromatic heterocycles. The molecule has 0 aliphatic rings. The van der Waals surface area contributed by atoms with Crippen LogP contribution in [0.3, 0.4) is 0 Å². The number of hydrogen-bond acceptors (Lipinski definition) is 3. The van der Waals surface area contributed by atoms with Crippen LogP contribution < -0.4 is 0 Å². The Hall–Kier alpha value is -1.06. The van der Waals surface area contributed by atoms with E-state index in [1.807, 2.05) is 12.3 Å². The van der Waals surface area contributed by atoms with E-state index in [1.165, 1.54) is 11.3 Å². The van der Waals surface area contributed by atoms with Crippen LogP contribution in [0.15, 0.2) is 17.5 Å². The van der Waals surface area contributed by atoms with E-state index in [0.29, 0.717) is 5.75 Å². The normalized spacial score (nSPS) is 10.9. The van der Waals surface area contributed by atoms with Crippen LogP contribution in [0.4, 0.5) is 0 Å². The van der Waals surface area contributed by atoms with Gasteiger partial charge in [-0.1, -0.05) is 6.07 Å². The molecule has 0 amide bonds. The van der Waals surface area contributed by atoms with Gasteiger partial charge in [-0.05, 0) is 29.5 Å². The third-order valence-electron chi connectivity index (χ3n) is 2.14. The van der Waals surface area contributed by atoms with Crippen molar-refractivity contribution >= 4 is 21.4 Å². The summed E-state index contributed by atoms with van der Waals surface area (Å²) in [5.41, 5.74) is 1.99. The van der Waals surface area contributed by atoms with Gasteiger partial charge in [-0.15, -0.1) is 11.3 Å². The zero-order valence-electron chi connectivity index (χ0n) is 7.24. The summed E-state index contributed by atoms with van der Waals surface area (Å²) in [6.07, 6.45) is 0. The molecular formula is C10H10O2S. The molecular weight excluding hydrogens is 184 g/mol. The predicted octanol–water partition coefficient (Wildman–Crippen LogP) is 2.41. The molecule has 0 aliphatic carbocycles. The third-order valence-corrected chi connectivity index (χ3v) is 3.26. The highest BCUT2D eigenvalue weighted by Crippen LogP contribution is 2.35. The third kappa shape index (κ3) is 1.20. The number of aliphatic hydroxyl groups excluding tert-OH is 1. The van der Waals surface area contributed by atoms with E-state index >= 15 is 0 Å². The Morgan fingerprint density at radius 2 is 2.15 bits per heavy atom. The molecule has 1 heterocycles. The second kappa shape index (κ2) is 3.01. The minimum atomic E-state index is 0.0222. The van der Waals surface area contributed by atoms with Crippen LogP contribution in [-0.2, 0) is 6.61 Å². The summed E-state index contributed by atoms with van der Waals surface area (Å²) < 4.78 is 0.865. The summed E-state index contributed by atoms with van der Waals surface area (Å²) in [4.78, 5) is 0. The molecule has 2 nitrogen and oxygen atoms in total. The van der Waals surface area contributed by atoms with Gasteiger partial charge in [0, 0.05) is 5.39 Å². The van der Waals surface area contributed by atoms with Crippen molar-refractivity contribution < 1.29 is 10.2 Å². The van der Waals surface area contributed by atoms with Gasteiger partial charge < -0.3 is 10.2 Å². The van der Waals surface area contributed by atoms with Gasteiger partial charge in [-0.25, -0.2) is 0 Å². The maximum atomic E-state index is 9.53. The molecule has 2 N–H and O–H groups in total. The zero-order valence-corrected chi connectivity index (χ0v) is 8.06. The Labute approximate surface area is 80.1 Å². The van der Waals surface area contributed by atoms with Crippen LogP contribution in [0.1, 0.15) is 11.1 Å². The lowest BCUT2D eigenvalue weighted by Gasteiger charge is -2.01. The van der Waals surface area contributed by atoms with Gasteiger partial charge in [0.2, 0.25) is 0 Å². The Morgan fingerprint density at radius 1 is 1.38 bits per heavy atom. The SMILES string of the molecule is Cc1csc2c(O)ccc(CO)c12. The van der Waals surface area contributed by atoms with Crippen molar-refractivity contribution in [1.29, 1.82) is 0 Å². The first-order valence-corrected chi connectivity index (χ1v) is 4.91. The van der Waals surface area contributed by atoms with Gasteiger partial charge >= 0.3 is 0 Å². The maximum absolute atomic E-state index is 9.53.